The summed E-state index contributed by atoms with van der Waals surface area (Å²) in [4.78, 5) is 16.6. The summed E-state index contributed by atoms with van der Waals surface area (Å²) in [5.41, 5.74) is -3.50. The second-order valence-corrected chi connectivity index (χ2v) is 8.25. The number of aromatic nitrogens is 1. The van der Waals surface area contributed by atoms with Crippen molar-refractivity contribution in [3.05, 3.63) is 52.7 Å². The van der Waals surface area contributed by atoms with Crippen LogP contribution in [-0.2, 0) is 10.3 Å². The van der Waals surface area contributed by atoms with E-state index in [9.17, 15) is 23.1 Å². The molecule has 2 aromatic rings. The molecule has 2 N–H and O–H groups in total. The van der Waals surface area contributed by atoms with Gasteiger partial charge in [-0.25, -0.2) is 9.78 Å². The van der Waals surface area contributed by atoms with Gasteiger partial charge in [0.2, 0.25) is 0 Å². The van der Waals surface area contributed by atoms with Gasteiger partial charge >= 0.3 is 12.3 Å². The van der Waals surface area contributed by atoms with Gasteiger partial charge in [0.15, 0.2) is 5.60 Å². The van der Waals surface area contributed by atoms with Gasteiger partial charge in [-0.2, -0.15) is 13.2 Å². The van der Waals surface area contributed by atoms with Crippen molar-refractivity contribution in [2.45, 2.75) is 43.6 Å². The highest BCUT2D eigenvalue weighted by atomic mass is 35.5. The van der Waals surface area contributed by atoms with E-state index < -0.39 is 30.0 Å². The van der Waals surface area contributed by atoms with Crippen LogP contribution < -0.4 is 9.64 Å². The fraction of sp³-hybridized carbons (Fsp3) is 0.455. The van der Waals surface area contributed by atoms with Crippen molar-refractivity contribution >= 4 is 23.6 Å². The number of anilines is 1. The predicted molar refractivity (Wildman–Crippen MR) is 115 cm³/mol. The van der Waals surface area contributed by atoms with Crippen LogP contribution in [0.4, 0.5) is 23.8 Å². The predicted octanol–water partition coefficient (Wildman–Crippen LogP) is 4.96. The van der Waals surface area contributed by atoms with E-state index in [1.54, 1.807) is 4.90 Å². The molecule has 1 fully saturated rings. The molecule has 33 heavy (non-hydrogen) atoms. The fourth-order valence-corrected chi connectivity index (χ4v) is 4.38. The Morgan fingerprint density at radius 3 is 2.45 bits per heavy atom. The Bertz CT molecular complexity index is 998. The molecular formula is C22H24ClF3N2O5. The molecule has 1 aliphatic heterocycles. The average molecular weight is 489 g/mol. The Labute approximate surface area is 193 Å². The minimum atomic E-state index is -5.02. The van der Waals surface area contributed by atoms with Crippen molar-refractivity contribution in [1.82, 2.24) is 4.98 Å². The monoisotopic (exact) mass is 488 g/mol. The lowest BCUT2D eigenvalue weighted by molar-refractivity contribution is -0.274. The van der Waals surface area contributed by atoms with Crippen molar-refractivity contribution < 1.29 is 37.7 Å². The van der Waals surface area contributed by atoms with E-state index in [1.807, 2.05) is 0 Å². The largest absolute Gasteiger partial charge is 0.506 e. The molecule has 7 nitrogen and oxygen atoms in total. The van der Waals surface area contributed by atoms with E-state index in [2.05, 4.69) is 4.98 Å². The summed E-state index contributed by atoms with van der Waals surface area (Å²) >= 11 is 6.22. The van der Waals surface area contributed by atoms with E-state index in [0.29, 0.717) is 31.7 Å². The lowest BCUT2D eigenvalue weighted by Crippen LogP contribution is -2.47. The topological polar surface area (TPSA) is 92.1 Å². The lowest BCUT2D eigenvalue weighted by Gasteiger charge is -2.38. The first-order valence-corrected chi connectivity index (χ1v) is 10.6. The second-order valence-electron chi connectivity index (χ2n) is 7.85. The number of alkyl halides is 3. The van der Waals surface area contributed by atoms with Crippen molar-refractivity contribution in [2.75, 3.05) is 25.1 Å². The van der Waals surface area contributed by atoms with E-state index in [0.717, 1.165) is 6.07 Å². The summed E-state index contributed by atoms with van der Waals surface area (Å²) in [7, 11) is 1.41. The highest BCUT2D eigenvalue weighted by molar-refractivity contribution is 6.31. The minimum absolute atomic E-state index is 0.0410. The van der Waals surface area contributed by atoms with Gasteiger partial charge in [-0.05, 0) is 35.4 Å². The zero-order chi connectivity index (χ0) is 24.4. The Hall–Kier alpha value is -2.72. The second kappa shape index (κ2) is 9.64. The van der Waals surface area contributed by atoms with Crippen LogP contribution in [0.2, 0.25) is 5.02 Å². The molecule has 180 valence electrons. The van der Waals surface area contributed by atoms with Crippen LogP contribution in [0.15, 0.2) is 36.5 Å². The number of hydrogen-bond acceptors (Lipinski definition) is 6. The molecule has 0 radical (unpaired) electrons. The molecule has 2 unspecified atom stereocenters. The van der Waals surface area contributed by atoms with Crippen LogP contribution in [0, 0.1) is 0 Å². The van der Waals surface area contributed by atoms with Gasteiger partial charge in [0.05, 0.1) is 7.11 Å². The van der Waals surface area contributed by atoms with Gasteiger partial charge in [-0.15, -0.1) is 0 Å². The number of benzene rings is 1. The molecule has 0 bridgehead atoms. The number of carbonyl (C=O) groups is 1. The van der Waals surface area contributed by atoms with Crippen molar-refractivity contribution in [3.63, 3.8) is 0 Å². The standard InChI is InChI=1S/C22H24ClF3N2O5/c1-13(17-4-3-16(32-2)12-18(17)23)21(31,22(24,25)26)14-5-8-27-19(11-14)28-9-6-15(7-10-28)33-20(29)30/h3-5,8,11-13,15,31H,6-7,9-10H2,1-2H3,(H,29,30). The first-order valence-electron chi connectivity index (χ1n) is 10.2. The maximum atomic E-state index is 14.3. The van der Waals surface area contributed by atoms with Crippen LogP contribution in [-0.4, -0.2) is 53.8 Å². The number of piperidine rings is 1. The van der Waals surface area contributed by atoms with Crippen LogP contribution in [0.1, 0.15) is 36.8 Å². The molecule has 1 aromatic heterocycles. The molecule has 0 spiro atoms. The molecule has 0 aliphatic carbocycles. The Morgan fingerprint density at radius 2 is 1.91 bits per heavy atom. The third-order valence-electron chi connectivity index (χ3n) is 5.95. The molecule has 1 aliphatic rings. The van der Waals surface area contributed by atoms with Crippen molar-refractivity contribution in [3.8, 4) is 5.75 Å². The third-order valence-corrected chi connectivity index (χ3v) is 6.28. The van der Waals surface area contributed by atoms with Crippen LogP contribution >= 0.6 is 11.6 Å². The maximum absolute atomic E-state index is 14.3. The average Bonchev–Trinajstić information content (AvgIpc) is 2.77. The number of methoxy groups -OCH3 is 1. The van der Waals surface area contributed by atoms with E-state index in [1.165, 1.54) is 44.5 Å². The van der Waals surface area contributed by atoms with Crippen molar-refractivity contribution in [1.29, 1.82) is 0 Å². The lowest BCUT2D eigenvalue weighted by atomic mass is 9.78. The fourth-order valence-electron chi connectivity index (χ4n) is 4.04. The smallest absolute Gasteiger partial charge is 0.497 e. The number of pyridine rings is 1. The molecular weight excluding hydrogens is 465 g/mol. The summed E-state index contributed by atoms with van der Waals surface area (Å²) < 4.78 is 52.8. The molecule has 1 saturated heterocycles. The van der Waals surface area contributed by atoms with E-state index in [4.69, 9.17) is 26.2 Å². The third kappa shape index (κ3) is 5.11. The number of nitrogens with zero attached hydrogens (tertiary/aromatic N) is 2. The highest BCUT2D eigenvalue weighted by Crippen LogP contribution is 2.50. The van der Waals surface area contributed by atoms with Gasteiger partial charge < -0.3 is 24.6 Å². The zero-order valence-corrected chi connectivity index (χ0v) is 18.7. The summed E-state index contributed by atoms with van der Waals surface area (Å²) in [6.45, 7) is 1.95. The SMILES string of the molecule is COc1ccc(C(C)C(O)(c2ccnc(N3CCC(OC(=O)O)CC3)c2)C(F)(F)F)c(Cl)c1. The number of aliphatic hydroxyl groups is 1. The number of halogens is 4. The Kier molecular flexibility index (Phi) is 7.28. The normalized spacial score (nSPS) is 17.8. The summed E-state index contributed by atoms with van der Waals surface area (Å²) in [6.07, 6.45) is -4.90. The molecule has 1 aromatic carbocycles. The maximum Gasteiger partial charge on any atom is 0.506 e. The first-order chi connectivity index (χ1) is 15.5. The molecule has 3 rings (SSSR count). The number of ether oxygens (including phenoxy) is 2. The summed E-state index contributed by atoms with van der Waals surface area (Å²) in [5.74, 6) is -0.814. The number of hydrogen-bond donors (Lipinski definition) is 2. The number of rotatable bonds is 6. The Morgan fingerprint density at radius 1 is 1.24 bits per heavy atom. The zero-order valence-electron chi connectivity index (χ0n) is 18.0. The van der Waals surface area contributed by atoms with Gasteiger partial charge in [-0.3, -0.25) is 0 Å². The van der Waals surface area contributed by atoms with Crippen LogP contribution in [0.3, 0.4) is 0 Å². The van der Waals surface area contributed by atoms with E-state index in [-0.39, 0.29) is 22.0 Å². The molecule has 2 atom stereocenters. The van der Waals surface area contributed by atoms with Gasteiger partial charge in [0.1, 0.15) is 17.7 Å². The van der Waals surface area contributed by atoms with Gasteiger partial charge in [-0.1, -0.05) is 24.6 Å². The molecule has 0 saturated carbocycles. The quantitative estimate of drug-likeness (QED) is 0.555. The van der Waals surface area contributed by atoms with Crippen LogP contribution in [0.25, 0.3) is 0 Å². The summed E-state index contributed by atoms with van der Waals surface area (Å²) in [5, 5.41) is 19.9. The van der Waals surface area contributed by atoms with Gasteiger partial charge in [0, 0.05) is 43.1 Å². The molecule has 0 amide bonds. The van der Waals surface area contributed by atoms with E-state index >= 15 is 0 Å². The van der Waals surface area contributed by atoms with Crippen molar-refractivity contribution in [2.24, 2.45) is 0 Å². The van der Waals surface area contributed by atoms with Crippen LogP contribution in [0.5, 0.6) is 5.75 Å². The van der Waals surface area contributed by atoms with Gasteiger partial charge in [0.25, 0.3) is 0 Å². The molecule has 11 heteroatoms. The molecule has 2 heterocycles. The number of carboxylic acid groups (broad SMARTS) is 1. The minimum Gasteiger partial charge on any atom is -0.497 e. The summed E-state index contributed by atoms with van der Waals surface area (Å²) in [6, 6.07) is 6.62. The Balaban J connectivity index is 1.93. The highest BCUT2D eigenvalue weighted by Gasteiger charge is 2.59. The first kappa shape index (κ1) is 24.9.